The van der Waals surface area contributed by atoms with Crippen LogP contribution in [-0.2, 0) is 19.9 Å². The SMILES string of the molecule is CCS(=O)(=O)NC[C@@H](c1cccnc1)S(=O)(=O)c1ccc(C)cc1. The van der Waals surface area contributed by atoms with Crippen molar-refractivity contribution >= 4 is 19.9 Å². The molecule has 1 aromatic carbocycles. The van der Waals surface area contributed by atoms with Crippen LogP contribution >= 0.6 is 0 Å². The van der Waals surface area contributed by atoms with E-state index in [4.69, 9.17) is 0 Å². The Kier molecular flexibility index (Phi) is 5.74. The lowest BCUT2D eigenvalue weighted by atomic mass is 10.2. The monoisotopic (exact) mass is 368 g/mol. The summed E-state index contributed by atoms with van der Waals surface area (Å²) in [7, 11) is -7.28. The Balaban J connectivity index is 2.43. The quantitative estimate of drug-likeness (QED) is 0.805. The minimum atomic E-state index is -3.77. The second kappa shape index (κ2) is 7.42. The Morgan fingerprint density at radius 1 is 1.08 bits per heavy atom. The minimum absolute atomic E-state index is 0.114. The number of rotatable bonds is 7. The highest BCUT2D eigenvalue weighted by atomic mass is 32.2. The minimum Gasteiger partial charge on any atom is -0.264 e. The Hall–Kier alpha value is -1.77. The molecule has 1 aromatic heterocycles. The highest BCUT2D eigenvalue weighted by Crippen LogP contribution is 2.28. The van der Waals surface area contributed by atoms with E-state index in [1.165, 1.54) is 31.5 Å². The van der Waals surface area contributed by atoms with Crippen LogP contribution in [0.2, 0.25) is 0 Å². The molecule has 0 unspecified atom stereocenters. The van der Waals surface area contributed by atoms with Gasteiger partial charge in [-0.1, -0.05) is 23.8 Å². The third-order valence-corrected chi connectivity index (χ3v) is 7.13. The first-order valence-electron chi connectivity index (χ1n) is 7.44. The zero-order valence-corrected chi connectivity index (χ0v) is 15.1. The molecule has 0 radical (unpaired) electrons. The normalized spacial score (nSPS) is 13.6. The van der Waals surface area contributed by atoms with Gasteiger partial charge in [-0.3, -0.25) is 4.98 Å². The molecule has 0 fully saturated rings. The van der Waals surface area contributed by atoms with E-state index < -0.39 is 25.1 Å². The summed E-state index contributed by atoms with van der Waals surface area (Å²) in [5.41, 5.74) is 1.38. The molecule has 130 valence electrons. The maximum Gasteiger partial charge on any atom is 0.211 e. The number of sulfone groups is 1. The van der Waals surface area contributed by atoms with Gasteiger partial charge in [0.1, 0.15) is 5.25 Å². The topological polar surface area (TPSA) is 93.2 Å². The fourth-order valence-corrected chi connectivity index (χ4v) is 4.54. The number of hydrogen-bond acceptors (Lipinski definition) is 5. The third kappa shape index (κ3) is 4.40. The smallest absolute Gasteiger partial charge is 0.211 e. The van der Waals surface area contributed by atoms with Crippen molar-refractivity contribution in [2.45, 2.75) is 24.0 Å². The van der Waals surface area contributed by atoms with Gasteiger partial charge in [-0.15, -0.1) is 0 Å². The lowest BCUT2D eigenvalue weighted by Crippen LogP contribution is -2.33. The fraction of sp³-hybridized carbons (Fsp3) is 0.312. The fourth-order valence-electron chi connectivity index (χ4n) is 2.17. The zero-order chi connectivity index (χ0) is 17.8. The van der Waals surface area contributed by atoms with Gasteiger partial charge in [0, 0.05) is 18.9 Å². The Labute approximate surface area is 142 Å². The van der Waals surface area contributed by atoms with Crippen LogP contribution in [0.5, 0.6) is 0 Å². The molecule has 2 rings (SSSR count). The van der Waals surface area contributed by atoms with Crippen molar-refractivity contribution in [1.82, 2.24) is 9.71 Å². The number of aromatic nitrogens is 1. The van der Waals surface area contributed by atoms with E-state index in [9.17, 15) is 16.8 Å². The predicted octanol–water partition coefficient (Wildman–Crippen LogP) is 1.84. The molecule has 0 saturated heterocycles. The van der Waals surface area contributed by atoms with Crippen molar-refractivity contribution in [2.75, 3.05) is 12.3 Å². The molecule has 1 heterocycles. The number of aryl methyl sites for hydroxylation is 1. The average molecular weight is 368 g/mol. The number of sulfonamides is 1. The second-order valence-corrected chi connectivity index (χ2v) is 9.61. The Morgan fingerprint density at radius 3 is 2.29 bits per heavy atom. The zero-order valence-electron chi connectivity index (χ0n) is 13.5. The molecular formula is C16H20N2O4S2. The van der Waals surface area contributed by atoms with Crippen LogP contribution in [0.4, 0.5) is 0 Å². The molecule has 0 aliphatic carbocycles. The first kappa shape index (κ1) is 18.6. The van der Waals surface area contributed by atoms with Crippen LogP contribution in [-0.4, -0.2) is 34.1 Å². The molecular weight excluding hydrogens is 348 g/mol. The van der Waals surface area contributed by atoms with Crippen LogP contribution in [0.25, 0.3) is 0 Å². The summed E-state index contributed by atoms with van der Waals surface area (Å²) in [5.74, 6) is -0.114. The van der Waals surface area contributed by atoms with Gasteiger partial charge in [0.05, 0.1) is 10.6 Å². The summed E-state index contributed by atoms with van der Waals surface area (Å²) in [5, 5.41) is -1.05. The van der Waals surface area contributed by atoms with E-state index in [0.29, 0.717) is 5.56 Å². The highest BCUT2D eigenvalue weighted by molar-refractivity contribution is 7.92. The molecule has 24 heavy (non-hydrogen) atoms. The van der Waals surface area contributed by atoms with Gasteiger partial charge < -0.3 is 0 Å². The van der Waals surface area contributed by atoms with Crippen LogP contribution in [0.15, 0.2) is 53.7 Å². The van der Waals surface area contributed by atoms with E-state index in [1.807, 2.05) is 6.92 Å². The van der Waals surface area contributed by atoms with Crippen LogP contribution in [0.3, 0.4) is 0 Å². The van der Waals surface area contributed by atoms with Crippen LogP contribution in [0, 0.1) is 6.92 Å². The maximum atomic E-state index is 13.0. The molecule has 1 N–H and O–H groups in total. The molecule has 0 saturated carbocycles. The van der Waals surface area contributed by atoms with E-state index in [1.54, 1.807) is 24.3 Å². The molecule has 0 aliphatic rings. The summed E-state index contributed by atoms with van der Waals surface area (Å²) in [6, 6.07) is 9.74. The Morgan fingerprint density at radius 2 is 1.75 bits per heavy atom. The van der Waals surface area contributed by atoms with E-state index >= 15 is 0 Å². The molecule has 6 nitrogen and oxygen atoms in total. The standard InChI is InChI=1S/C16H20N2O4S2/c1-3-23(19,20)18-12-16(14-5-4-10-17-11-14)24(21,22)15-8-6-13(2)7-9-15/h4-11,16,18H,3,12H2,1-2H3/t16-/m0/s1. The van der Waals surface area contributed by atoms with E-state index in [-0.39, 0.29) is 17.2 Å². The van der Waals surface area contributed by atoms with E-state index in [2.05, 4.69) is 9.71 Å². The molecule has 0 amide bonds. The summed E-state index contributed by atoms with van der Waals surface area (Å²) in [4.78, 5) is 4.10. The number of hydrogen-bond donors (Lipinski definition) is 1. The van der Waals surface area contributed by atoms with E-state index in [0.717, 1.165) is 5.56 Å². The number of benzene rings is 1. The number of nitrogens with one attached hydrogen (secondary N) is 1. The molecule has 1 atom stereocenters. The largest absolute Gasteiger partial charge is 0.264 e. The number of nitrogens with zero attached hydrogens (tertiary/aromatic N) is 1. The van der Waals surface area contributed by atoms with Gasteiger partial charge in [0.15, 0.2) is 9.84 Å². The van der Waals surface area contributed by atoms with Crippen molar-refractivity contribution < 1.29 is 16.8 Å². The summed E-state index contributed by atoms with van der Waals surface area (Å²) >= 11 is 0. The predicted molar refractivity (Wildman–Crippen MR) is 92.8 cm³/mol. The van der Waals surface area contributed by atoms with Gasteiger partial charge in [0.25, 0.3) is 0 Å². The lowest BCUT2D eigenvalue weighted by Gasteiger charge is -2.18. The number of pyridine rings is 1. The van der Waals surface area contributed by atoms with Crippen LogP contribution in [0.1, 0.15) is 23.3 Å². The van der Waals surface area contributed by atoms with Gasteiger partial charge in [-0.25, -0.2) is 21.6 Å². The van der Waals surface area contributed by atoms with Crippen molar-refractivity contribution in [3.05, 3.63) is 59.9 Å². The van der Waals surface area contributed by atoms with Gasteiger partial charge in [-0.05, 0) is 37.6 Å². The van der Waals surface area contributed by atoms with Gasteiger partial charge in [0.2, 0.25) is 10.0 Å². The lowest BCUT2D eigenvalue weighted by molar-refractivity contribution is 0.569. The van der Waals surface area contributed by atoms with Crippen molar-refractivity contribution in [1.29, 1.82) is 0 Å². The molecule has 0 bridgehead atoms. The second-order valence-electron chi connectivity index (χ2n) is 5.38. The Bertz CT molecular complexity index is 877. The van der Waals surface area contributed by atoms with Crippen molar-refractivity contribution in [3.63, 3.8) is 0 Å². The third-order valence-electron chi connectivity index (χ3n) is 3.65. The average Bonchev–Trinajstić information content (AvgIpc) is 2.56. The van der Waals surface area contributed by atoms with Gasteiger partial charge in [-0.2, -0.15) is 0 Å². The van der Waals surface area contributed by atoms with Crippen molar-refractivity contribution in [3.8, 4) is 0 Å². The first-order valence-corrected chi connectivity index (χ1v) is 10.6. The van der Waals surface area contributed by atoms with Gasteiger partial charge >= 0.3 is 0 Å². The molecule has 2 aromatic rings. The maximum absolute atomic E-state index is 13.0. The summed E-state index contributed by atoms with van der Waals surface area (Å²) in [6.07, 6.45) is 2.98. The summed E-state index contributed by atoms with van der Waals surface area (Å²) < 4.78 is 51.8. The molecule has 0 spiro atoms. The first-order chi connectivity index (χ1) is 11.3. The van der Waals surface area contributed by atoms with Crippen LogP contribution < -0.4 is 4.72 Å². The van der Waals surface area contributed by atoms with Crippen molar-refractivity contribution in [2.24, 2.45) is 0 Å². The summed E-state index contributed by atoms with van der Waals surface area (Å²) in [6.45, 7) is 3.12. The molecule has 8 heteroatoms. The highest BCUT2D eigenvalue weighted by Gasteiger charge is 2.30. The molecule has 0 aliphatic heterocycles.